The molecule has 0 aliphatic rings. The molecule has 0 radical (unpaired) electrons. The van der Waals surface area contributed by atoms with Gasteiger partial charge in [0, 0.05) is 15.1 Å². The quantitative estimate of drug-likeness (QED) is 0.343. The maximum atomic E-state index is 8.94. The Balaban J connectivity index is 0.000000310. The third kappa shape index (κ3) is 6.66. The van der Waals surface area contributed by atoms with Crippen LogP contribution in [0, 0.1) is 0 Å². The predicted octanol–water partition coefficient (Wildman–Crippen LogP) is 2.25. The van der Waals surface area contributed by atoms with E-state index in [1.807, 2.05) is 0 Å². The summed E-state index contributed by atoms with van der Waals surface area (Å²) in [5.74, 6) is 4.41. The number of hydrazine groups is 1. The summed E-state index contributed by atoms with van der Waals surface area (Å²) in [7, 11) is 0. The van der Waals surface area contributed by atoms with Crippen LogP contribution < -0.4 is 11.3 Å². The normalized spacial score (nSPS) is 8.31. The van der Waals surface area contributed by atoms with E-state index in [0.29, 0.717) is 21.5 Å². The van der Waals surface area contributed by atoms with Crippen LogP contribution in [-0.2, 0) is 4.79 Å². The zero-order chi connectivity index (χ0) is 10.3. The van der Waals surface area contributed by atoms with Gasteiger partial charge in [0.05, 0.1) is 0 Å². The number of hydrogen-bond donors (Lipinski definition) is 2. The predicted molar refractivity (Wildman–Crippen MR) is 54.9 cm³/mol. The van der Waals surface area contributed by atoms with Crippen molar-refractivity contribution in [3.05, 3.63) is 33.3 Å². The largest absolute Gasteiger partial charge is 0.297 e. The molecule has 0 bridgehead atoms. The van der Waals surface area contributed by atoms with Crippen LogP contribution in [0.5, 0.6) is 0 Å². The first kappa shape index (κ1) is 12.5. The Bertz CT molecular complexity index is 230. The first-order chi connectivity index (χ1) is 6.10. The molecule has 0 aliphatic heterocycles. The molecule has 3 nitrogen and oxygen atoms in total. The minimum absolute atomic E-state index is 0.403. The SMILES string of the molecule is Clc1cc(Cl)cc(Cl)c1.NNC=O. The molecule has 0 unspecified atom stereocenters. The summed E-state index contributed by atoms with van der Waals surface area (Å²) in [4.78, 5) is 8.94. The van der Waals surface area contributed by atoms with E-state index >= 15 is 0 Å². The Morgan fingerprint density at radius 3 is 1.46 bits per heavy atom. The molecule has 0 aliphatic carbocycles. The number of rotatable bonds is 1. The molecule has 0 saturated carbocycles. The van der Waals surface area contributed by atoms with Gasteiger partial charge < -0.3 is 0 Å². The topological polar surface area (TPSA) is 55.1 Å². The molecule has 0 fully saturated rings. The number of halogens is 3. The molecule has 0 spiro atoms. The molecular weight excluding hydrogens is 234 g/mol. The lowest BCUT2D eigenvalue weighted by Gasteiger charge is -1.91. The van der Waals surface area contributed by atoms with E-state index in [0.717, 1.165) is 0 Å². The molecule has 1 amide bonds. The van der Waals surface area contributed by atoms with Gasteiger partial charge in [0.1, 0.15) is 0 Å². The van der Waals surface area contributed by atoms with Gasteiger partial charge in [-0.3, -0.25) is 10.2 Å². The zero-order valence-corrected chi connectivity index (χ0v) is 8.70. The molecular formula is C7H7Cl3N2O. The van der Waals surface area contributed by atoms with E-state index in [-0.39, 0.29) is 0 Å². The van der Waals surface area contributed by atoms with Crippen molar-refractivity contribution in [3.8, 4) is 0 Å². The second kappa shape index (κ2) is 6.97. The van der Waals surface area contributed by atoms with Gasteiger partial charge in [-0.25, -0.2) is 5.84 Å². The number of nitrogens with two attached hydrogens (primary N) is 1. The molecule has 1 aromatic carbocycles. The Labute approximate surface area is 90.7 Å². The minimum Gasteiger partial charge on any atom is -0.297 e. The Morgan fingerprint density at radius 2 is 1.31 bits per heavy atom. The highest BCUT2D eigenvalue weighted by molar-refractivity contribution is 6.38. The molecule has 0 aromatic heterocycles. The summed E-state index contributed by atoms with van der Waals surface area (Å²) >= 11 is 16.7. The second-order valence-electron chi connectivity index (χ2n) is 1.87. The summed E-state index contributed by atoms with van der Waals surface area (Å²) in [6, 6.07) is 4.90. The highest BCUT2D eigenvalue weighted by Crippen LogP contribution is 2.21. The number of carbonyl (C=O) groups excluding carboxylic acids is 1. The van der Waals surface area contributed by atoms with E-state index in [1.54, 1.807) is 23.6 Å². The fraction of sp³-hybridized carbons (Fsp3) is 0. The number of amides is 1. The molecule has 6 heteroatoms. The van der Waals surface area contributed by atoms with Crippen molar-refractivity contribution in [1.82, 2.24) is 5.43 Å². The van der Waals surface area contributed by atoms with Crippen molar-refractivity contribution in [1.29, 1.82) is 0 Å². The fourth-order valence-corrected chi connectivity index (χ4v) is 1.39. The molecule has 0 heterocycles. The third-order valence-corrected chi connectivity index (χ3v) is 1.55. The molecule has 0 saturated heterocycles. The van der Waals surface area contributed by atoms with Gasteiger partial charge in [-0.2, -0.15) is 0 Å². The lowest BCUT2D eigenvalue weighted by atomic mass is 10.4. The molecule has 1 rings (SSSR count). The van der Waals surface area contributed by atoms with Crippen molar-refractivity contribution >= 4 is 41.2 Å². The van der Waals surface area contributed by atoms with Crippen LogP contribution in [0.25, 0.3) is 0 Å². The van der Waals surface area contributed by atoms with Crippen LogP contribution in [0.3, 0.4) is 0 Å². The van der Waals surface area contributed by atoms with E-state index in [2.05, 4.69) is 5.84 Å². The van der Waals surface area contributed by atoms with E-state index < -0.39 is 0 Å². The van der Waals surface area contributed by atoms with E-state index in [4.69, 9.17) is 39.6 Å². The van der Waals surface area contributed by atoms with E-state index in [1.165, 1.54) is 0 Å². The first-order valence-electron chi connectivity index (χ1n) is 3.11. The second-order valence-corrected chi connectivity index (χ2v) is 3.18. The summed E-state index contributed by atoms with van der Waals surface area (Å²) in [5.41, 5.74) is 1.75. The third-order valence-electron chi connectivity index (χ3n) is 0.895. The monoisotopic (exact) mass is 240 g/mol. The molecule has 3 N–H and O–H groups in total. The highest BCUT2D eigenvalue weighted by atomic mass is 35.5. The summed E-state index contributed by atoms with van der Waals surface area (Å²) in [6.45, 7) is 0. The minimum atomic E-state index is 0.403. The summed E-state index contributed by atoms with van der Waals surface area (Å²) in [5, 5.41) is 1.69. The molecule has 0 atom stereocenters. The lowest BCUT2D eigenvalue weighted by Crippen LogP contribution is -2.18. The lowest BCUT2D eigenvalue weighted by molar-refractivity contribution is -0.109. The Kier molecular flexibility index (Phi) is 6.72. The standard InChI is InChI=1S/C6H3Cl3.CH4N2O/c7-4-1-5(8)3-6(9)2-4;2-3-1-4/h1-3H;1H,2H2,(H,3,4). The van der Waals surface area contributed by atoms with Gasteiger partial charge in [0.15, 0.2) is 0 Å². The molecule has 13 heavy (non-hydrogen) atoms. The maximum Gasteiger partial charge on any atom is 0.221 e. The van der Waals surface area contributed by atoms with Crippen molar-refractivity contribution in [2.24, 2.45) is 5.84 Å². The Morgan fingerprint density at radius 1 is 1.08 bits per heavy atom. The van der Waals surface area contributed by atoms with Gasteiger partial charge in [0.25, 0.3) is 0 Å². The van der Waals surface area contributed by atoms with Crippen LogP contribution >= 0.6 is 34.8 Å². The number of hydrogen-bond acceptors (Lipinski definition) is 2. The van der Waals surface area contributed by atoms with Crippen LogP contribution in [-0.4, -0.2) is 6.41 Å². The highest BCUT2D eigenvalue weighted by Gasteiger charge is 1.92. The van der Waals surface area contributed by atoms with Gasteiger partial charge in [-0.1, -0.05) is 34.8 Å². The van der Waals surface area contributed by atoms with Gasteiger partial charge in [-0.05, 0) is 18.2 Å². The average molecular weight is 242 g/mol. The number of benzene rings is 1. The van der Waals surface area contributed by atoms with Gasteiger partial charge in [-0.15, -0.1) is 0 Å². The van der Waals surface area contributed by atoms with Gasteiger partial charge in [0.2, 0.25) is 6.41 Å². The fourth-order valence-electron chi connectivity index (χ4n) is 0.520. The van der Waals surface area contributed by atoms with Gasteiger partial charge >= 0.3 is 0 Å². The maximum absolute atomic E-state index is 8.94. The molecule has 1 aromatic rings. The first-order valence-corrected chi connectivity index (χ1v) is 4.25. The van der Waals surface area contributed by atoms with Crippen molar-refractivity contribution in [3.63, 3.8) is 0 Å². The van der Waals surface area contributed by atoms with Crippen molar-refractivity contribution in [2.45, 2.75) is 0 Å². The number of carbonyl (C=O) groups is 1. The number of nitrogens with one attached hydrogen (secondary N) is 1. The zero-order valence-electron chi connectivity index (χ0n) is 6.43. The summed E-state index contributed by atoms with van der Waals surface area (Å²) < 4.78 is 0. The van der Waals surface area contributed by atoms with Crippen LogP contribution in [0.15, 0.2) is 18.2 Å². The smallest absolute Gasteiger partial charge is 0.221 e. The summed E-state index contributed by atoms with van der Waals surface area (Å²) in [6.07, 6.45) is 0.403. The van der Waals surface area contributed by atoms with Crippen LogP contribution in [0.4, 0.5) is 0 Å². The van der Waals surface area contributed by atoms with Crippen LogP contribution in [0.1, 0.15) is 0 Å². The molecule has 72 valence electrons. The average Bonchev–Trinajstić information content (AvgIpc) is 2.02. The van der Waals surface area contributed by atoms with E-state index in [9.17, 15) is 0 Å². The Hall–Kier alpha value is -0.480. The van der Waals surface area contributed by atoms with Crippen LogP contribution in [0.2, 0.25) is 15.1 Å². The van der Waals surface area contributed by atoms with Crippen molar-refractivity contribution < 1.29 is 4.79 Å². The van der Waals surface area contributed by atoms with Crippen molar-refractivity contribution in [2.75, 3.05) is 0 Å².